The van der Waals surface area contributed by atoms with E-state index in [2.05, 4.69) is 0 Å². The standard InChI is InChI=1S/C9H10ClF2N/c10-9-6(2-1-5-13)7(11)3-4-8(9)12/h3-4H,1-2,5,13H2. The van der Waals surface area contributed by atoms with E-state index in [1.54, 1.807) is 0 Å². The van der Waals surface area contributed by atoms with E-state index in [0.29, 0.717) is 19.4 Å². The zero-order valence-electron chi connectivity index (χ0n) is 6.99. The van der Waals surface area contributed by atoms with Crippen LogP contribution in [0.15, 0.2) is 12.1 Å². The van der Waals surface area contributed by atoms with Gasteiger partial charge in [-0.25, -0.2) is 8.78 Å². The summed E-state index contributed by atoms with van der Waals surface area (Å²) in [6.45, 7) is 0.437. The predicted molar refractivity (Wildman–Crippen MR) is 48.7 cm³/mol. The Morgan fingerprint density at radius 3 is 2.46 bits per heavy atom. The van der Waals surface area contributed by atoms with E-state index in [1.807, 2.05) is 0 Å². The minimum Gasteiger partial charge on any atom is -0.330 e. The molecule has 1 aromatic carbocycles. The molecule has 2 N–H and O–H groups in total. The lowest BCUT2D eigenvalue weighted by molar-refractivity contribution is 0.582. The van der Waals surface area contributed by atoms with Crippen molar-refractivity contribution in [3.05, 3.63) is 34.4 Å². The van der Waals surface area contributed by atoms with Crippen LogP contribution in [0, 0.1) is 11.6 Å². The van der Waals surface area contributed by atoms with Crippen LogP contribution in [0.5, 0.6) is 0 Å². The second-order valence-corrected chi connectivity index (χ2v) is 3.09. The number of halogens is 3. The van der Waals surface area contributed by atoms with E-state index in [9.17, 15) is 8.78 Å². The maximum atomic E-state index is 13.1. The molecule has 1 aromatic rings. The van der Waals surface area contributed by atoms with Gasteiger partial charge in [0.05, 0.1) is 5.02 Å². The number of hydrogen-bond acceptors (Lipinski definition) is 1. The fourth-order valence-corrected chi connectivity index (χ4v) is 1.32. The largest absolute Gasteiger partial charge is 0.330 e. The van der Waals surface area contributed by atoms with Gasteiger partial charge in [-0.3, -0.25) is 0 Å². The lowest BCUT2D eigenvalue weighted by Crippen LogP contribution is -2.02. The summed E-state index contributed by atoms with van der Waals surface area (Å²) >= 11 is 5.58. The molecule has 0 aliphatic rings. The quantitative estimate of drug-likeness (QED) is 0.754. The van der Waals surface area contributed by atoms with E-state index in [1.165, 1.54) is 0 Å². The van der Waals surface area contributed by atoms with Crippen LogP contribution in [0.4, 0.5) is 8.78 Å². The summed E-state index contributed by atoms with van der Waals surface area (Å²) in [5.41, 5.74) is 5.47. The van der Waals surface area contributed by atoms with Crippen molar-refractivity contribution < 1.29 is 8.78 Å². The van der Waals surface area contributed by atoms with Gasteiger partial charge in [0.2, 0.25) is 0 Å². The average Bonchev–Trinajstić information content (AvgIpc) is 2.12. The number of hydrogen-bond donors (Lipinski definition) is 1. The van der Waals surface area contributed by atoms with Gasteiger partial charge in [-0.1, -0.05) is 11.6 Å². The van der Waals surface area contributed by atoms with E-state index >= 15 is 0 Å². The third-order valence-corrected chi connectivity index (χ3v) is 2.18. The molecule has 0 fully saturated rings. The fraction of sp³-hybridized carbons (Fsp3) is 0.333. The number of nitrogens with two attached hydrogens (primary N) is 1. The van der Waals surface area contributed by atoms with Crippen molar-refractivity contribution in [2.24, 2.45) is 5.73 Å². The van der Waals surface area contributed by atoms with Gasteiger partial charge in [-0.05, 0) is 31.5 Å². The van der Waals surface area contributed by atoms with Gasteiger partial charge < -0.3 is 5.73 Å². The molecule has 1 rings (SSSR count). The van der Waals surface area contributed by atoms with Crippen LogP contribution in [-0.4, -0.2) is 6.54 Å². The second-order valence-electron chi connectivity index (χ2n) is 2.71. The SMILES string of the molecule is NCCCc1c(F)ccc(F)c1Cl. The zero-order valence-corrected chi connectivity index (χ0v) is 7.74. The van der Waals surface area contributed by atoms with Crippen LogP contribution in [0.2, 0.25) is 5.02 Å². The van der Waals surface area contributed by atoms with Crippen molar-refractivity contribution in [3.63, 3.8) is 0 Å². The van der Waals surface area contributed by atoms with Crippen LogP contribution in [0.25, 0.3) is 0 Å². The summed E-state index contributed by atoms with van der Waals surface area (Å²) in [7, 11) is 0. The molecule has 13 heavy (non-hydrogen) atoms. The first-order valence-electron chi connectivity index (χ1n) is 3.99. The normalized spacial score (nSPS) is 10.5. The molecule has 0 aliphatic carbocycles. The van der Waals surface area contributed by atoms with Crippen LogP contribution < -0.4 is 5.73 Å². The second kappa shape index (κ2) is 4.53. The predicted octanol–water partition coefficient (Wildman–Crippen LogP) is 2.51. The van der Waals surface area contributed by atoms with Gasteiger partial charge >= 0.3 is 0 Å². The van der Waals surface area contributed by atoms with Crippen molar-refractivity contribution in [2.75, 3.05) is 6.54 Å². The Morgan fingerprint density at radius 2 is 1.85 bits per heavy atom. The molecule has 0 aromatic heterocycles. The van der Waals surface area contributed by atoms with Gasteiger partial charge in [0.25, 0.3) is 0 Å². The van der Waals surface area contributed by atoms with Gasteiger partial charge in [0.15, 0.2) is 0 Å². The topological polar surface area (TPSA) is 26.0 Å². The maximum Gasteiger partial charge on any atom is 0.142 e. The summed E-state index contributed by atoms with van der Waals surface area (Å²) in [5.74, 6) is -1.06. The molecule has 0 saturated heterocycles. The Labute approximate surface area is 80.5 Å². The maximum absolute atomic E-state index is 13.1. The van der Waals surface area contributed by atoms with Crippen molar-refractivity contribution in [3.8, 4) is 0 Å². The third-order valence-electron chi connectivity index (χ3n) is 1.77. The molecule has 0 saturated carbocycles. The summed E-state index contributed by atoms with van der Waals surface area (Å²) in [6.07, 6.45) is 0.971. The van der Waals surface area contributed by atoms with E-state index in [0.717, 1.165) is 12.1 Å². The molecule has 0 heterocycles. The average molecular weight is 206 g/mol. The van der Waals surface area contributed by atoms with E-state index in [4.69, 9.17) is 17.3 Å². The van der Waals surface area contributed by atoms with Crippen molar-refractivity contribution in [1.82, 2.24) is 0 Å². The molecule has 0 amide bonds. The summed E-state index contributed by atoms with van der Waals surface area (Å²) in [4.78, 5) is 0. The van der Waals surface area contributed by atoms with Crippen molar-refractivity contribution in [1.29, 1.82) is 0 Å². The van der Waals surface area contributed by atoms with Gasteiger partial charge in [-0.15, -0.1) is 0 Å². The molecule has 0 aliphatic heterocycles. The zero-order chi connectivity index (χ0) is 9.84. The molecule has 1 nitrogen and oxygen atoms in total. The number of rotatable bonds is 3. The fourth-order valence-electron chi connectivity index (χ4n) is 1.08. The van der Waals surface area contributed by atoms with Gasteiger partial charge in [0, 0.05) is 5.56 Å². The monoisotopic (exact) mass is 205 g/mol. The molecular weight excluding hydrogens is 196 g/mol. The third kappa shape index (κ3) is 2.39. The smallest absolute Gasteiger partial charge is 0.142 e. The van der Waals surface area contributed by atoms with Gasteiger partial charge in [-0.2, -0.15) is 0 Å². The number of benzene rings is 1. The summed E-state index contributed by atoms with van der Waals surface area (Å²) in [5, 5.41) is -0.131. The highest BCUT2D eigenvalue weighted by atomic mass is 35.5. The lowest BCUT2D eigenvalue weighted by atomic mass is 10.1. The molecule has 0 bridgehead atoms. The highest BCUT2D eigenvalue weighted by Crippen LogP contribution is 2.23. The Morgan fingerprint density at radius 1 is 1.23 bits per heavy atom. The highest BCUT2D eigenvalue weighted by molar-refractivity contribution is 6.31. The van der Waals surface area contributed by atoms with E-state index < -0.39 is 11.6 Å². The molecule has 0 radical (unpaired) electrons. The minimum absolute atomic E-state index is 0.131. The Hall–Kier alpha value is -0.670. The summed E-state index contributed by atoms with van der Waals surface area (Å²) < 4.78 is 25.9. The van der Waals surface area contributed by atoms with Crippen molar-refractivity contribution in [2.45, 2.75) is 12.8 Å². The highest BCUT2D eigenvalue weighted by Gasteiger charge is 2.10. The first-order valence-corrected chi connectivity index (χ1v) is 4.37. The molecule has 0 spiro atoms. The first kappa shape index (κ1) is 10.4. The van der Waals surface area contributed by atoms with Gasteiger partial charge in [0.1, 0.15) is 11.6 Å². The molecular formula is C9H10ClF2N. The molecule has 72 valence electrons. The lowest BCUT2D eigenvalue weighted by Gasteiger charge is -2.05. The molecule has 0 atom stereocenters. The Balaban J connectivity index is 2.96. The molecule has 4 heteroatoms. The Bertz CT molecular complexity index is 302. The Kier molecular flexibility index (Phi) is 3.63. The van der Waals surface area contributed by atoms with E-state index in [-0.39, 0.29) is 10.6 Å². The van der Waals surface area contributed by atoms with Crippen LogP contribution in [0.3, 0.4) is 0 Å². The molecule has 0 unspecified atom stereocenters. The first-order chi connectivity index (χ1) is 6.16. The minimum atomic E-state index is -0.588. The van der Waals surface area contributed by atoms with Crippen molar-refractivity contribution >= 4 is 11.6 Å². The van der Waals surface area contributed by atoms with Crippen LogP contribution in [-0.2, 0) is 6.42 Å². The van der Waals surface area contributed by atoms with Crippen LogP contribution >= 0.6 is 11.6 Å². The van der Waals surface area contributed by atoms with Crippen LogP contribution in [0.1, 0.15) is 12.0 Å². The summed E-state index contributed by atoms with van der Waals surface area (Å²) in [6, 6.07) is 2.09.